The second kappa shape index (κ2) is 7.58. The van der Waals surface area contributed by atoms with Gasteiger partial charge < -0.3 is 10.6 Å². The van der Waals surface area contributed by atoms with Crippen molar-refractivity contribution in [2.24, 2.45) is 5.41 Å². The van der Waals surface area contributed by atoms with E-state index in [1.807, 2.05) is 0 Å². The van der Waals surface area contributed by atoms with Crippen molar-refractivity contribution in [1.82, 2.24) is 9.97 Å². The minimum absolute atomic E-state index is 0.00589. The molecule has 1 saturated heterocycles. The van der Waals surface area contributed by atoms with E-state index >= 15 is 0 Å². The molecule has 2 aromatic heterocycles. The van der Waals surface area contributed by atoms with Gasteiger partial charge >= 0.3 is 6.18 Å². The molecule has 0 saturated carbocycles. The van der Waals surface area contributed by atoms with Crippen molar-refractivity contribution in [2.75, 3.05) is 23.7 Å². The predicted octanol–water partition coefficient (Wildman–Crippen LogP) is 5.25. The van der Waals surface area contributed by atoms with Gasteiger partial charge in [0.15, 0.2) is 5.69 Å². The molecule has 3 heterocycles. The Morgan fingerprint density at radius 2 is 1.96 bits per heavy atom. The molecule has 2 aromatic rings. The van der Waals surface area contributed by atoms with E-state index in [4.69, 9.17) is 5.73 Å². The largest absolute Gasteiger partial charge is 0.434 e. The number of hydrogen-bond acceptors (Lipinski definition) is 5. The van der Waals surface area contributed by atoms with Crippen molar-refractivity contribution < 1.29 is 13.2 Å². The van der Waals surface area contributed by atoms with Crippen LogP contribution in [-0.2, 0) is 6.18 Å². The zero-order chi connectivity index (χ0) is 19.7. The molecular formula is C19H23F3N4S. The van der Waals surface area contributed by atoms with E-state index in [9.17, 15) is 13.2 Å². The number of aromatic nitrogens is 2. The fraction of sp³-hybridized carbons (Fsp3) is 0.474. The van der Waals surface area contributed by atoms with Crippen molar-refractivity contribution in [3.05, 3.63) is 36.3 Å². The van der Waals surface area contributed by atoms with E-state index in [1.54, 1.807) is 12.3 Å². The first-order valence-corrected chi connectivity index (χ1v) is 9.74. The van der Waals surface area contributed by atoms with E-state index in [1.165, 1.54) is 12.1 Å². The first-order valence-electron chi connectivity index (χ1n) is 8.92. The Hall–Kier alpha value is -1.96. The molecule has 1 fully saturated rings. The van der Waals surface area contributed by atoms with E-state index in [-0.39, 0.29) is 4.90 Å². The van der Waals surface area contributed by atoms with Crippen LogP contribution in [0.4, 0.5) is 24.5 Å². The summed E-state index contributed by atoms with van der Waals surface area (Å²) in [5, 5.41) is 0.354. The van der Waals surface area contributed by atoms with Crippen LogP contribution in [0.5, 0.6) is 0 Å². The third-order valence-corrected chi connectivity index (χ3v) is 6.38. The Kier molecular flexibility index (Phi) is 5.55. The van der Waals surface area contributed by atoms with Gasteiger partial charge in [-0.05, 0) is 36.5 Å². The maximum atomic E-state index is 13.1. The molecule has 4 nitrogen and oxygen atoms in total. The minimum atomic E-state index is -4.52. The number of nitrogens with two attached hydrogens (primary N) is 1. The van der Waals surface area contributed by atoms with Crippen LogP contribution < -0.4 is 10.6 Å². The first kappa shape index (κ1) is 19.8. The van der Waals surface area contributed by atoms with Crippen LogP contribution in [0.15, 0.2) is 40.5 Å². The van der Waals surface area contributed by atoms with Crippen LogP contribution in [0.1, 0.15) is 38.8 Å². The Morgan fingerprint density at radius 3 is 2.56 bits per heavy atom. The second-order valence-electron chi connectivity index (χ2n) is 7.19. The number of anilines is 2. The van der Waals surface area contributed by atoms with Gasteiger partial charge in [-0.3, -0.25) is 4.98 Å². The zero-order valence-corrected chi connectivity index (χ0v) is 16.2. The lowest BCUT2D eigenvalue weighted by atomic mass is 9.78. The number of halogens is 3. The summed E-state index contributed by atoms with van der Waals surface area (Å²) in [5.41, 5.74) is 6.84. The Labute approximate surface area is 161 Å². The van der Waals surface area contributed by atoms with Gasteiger partial charge in [0.2, 0.25) is 0 Å². The highest BCUT2D eigenvalue weighted by Crippen LogP contribution is 2.40. The summed E-state index contributed by atoms with van der Waals surface area (Å²) in [6, 6.07) is 4.65. The van der Waals surface area contributed by atoms with Crippen LogP contribution >= 0.6 is 11.8 Å². The SMILES string of the molecule is CCC1(C)CCN(c2cnc(Sc3cccnc3C(F)(F)F)c(N)c2)CC1. The lowest BCUT2D eigenvalue weighted by Gasteiger charge is -2.40. The Bertz CT molecular complexity index is 802. The van der Waals surface area contributed by atoms with Gasteiger partial charge in [0.05, 0.1) is 17.6 Å². The molecule has 0 aliphatic carbocycles. The monoisotopic (exact) mass is 396 g/mol. The minimum Gasteiger partial charge on any atom is -0.396 e. The maximum absolute atomic E-state index is 13.1. The maximum Gasteiger partial charge on any atom is 0.434 e. The standard InChI is InChI=1S/C19H23F3N4S/c1-3-18(2)6-9-26(10-7-18)13-11-14(23)17(25-12-13)27-15-5-4-8-24-16(15)19(20,21)22/h4-5,8,11-12H,3,6-7,9-10,23H2,1-2H3. The molecule has 0 unspecified atom stereocenters. The van der Waals surface area contributed by atoms with Gasteiger partial charge in [-0.2, -0.15) is 13.2 Å². The van der Waals surface area contributed by atoms with Crippen molar-refractivity contribution in [2.45, 2.75) is 49.2 Å². The van der Waals surface area contributed by atoms with Crippen molar-refractivity contribution in [1.29, 1.82) is 0 Å². The molecular weight excluding hydrogens is 373 g/mol. The van der Waals surface area contributed by atoms with Crippen molar-refractivity contribution in [3.63, 3.8) is 0 Å². The number of nitrogen functional groups attached to an aromatic ring is 1. The first-order chi connectivity index (χ1) is 12.7. The van der Waals surface area contributed by atoms with Gasteiger partial charge in [0, 0.05) is 24.2 Å². The summed E-state index contributed by atoms with van der Waals surface area (Å²) in [6.45, 7) is 6.38. The summed E-state index contributed by atoms with van der Waals surface area (Å²) in [4.78, 5) is 10.0. The lowest BCUT2D eigenvalue weighted by molar-refractivity contribution is -0.143. The zero-order valence-electron chi connectivity index (χ0n) is 15.4. The summed E-state index contributed by atoms with van der Waals surface area (Å²) < 4.78 is 39.3. The normalized spacial score (nSPS) is 17.1. The number of alkyl halides is 3. The summed E-state index contributed by atoms with van der Waals surface area (Å²) in [6.07, 6.45) is 1.67. The molecule has 0 amide bonds. The highest BCUT2D eigenvalue weighted by molar-refractivity contribution is 7.99. The predicted molar refractivity (Wildman–Crippen MR) is 102 cm³/mol. The summed E-state index contributed by atoms with van der Waals surface area (Å²) in [7, 11) is 0. The Morgan fingerprint density at radius 1 is 1.26 bits per heavy atom. The quantitative estimate of drug-likeness (QED) is 0.765. The average molecular weight is 396 g/mol. The highest BCUT2D eigenvalue weighted by atomic mass is 32.2. The van der Waals surface area contributed by atoms with Crippen molar-refractivity contribution in [3.8, 4) is 0 Å². The van der Waals surface area contributed by atoms with Crippen LogP contribution in [0, 0.1) is 5.41 Å². The lowest BCUT2D eigenvalue weighted by Crippen LogP contribution is -2.38. The molecule has 2 N–H and O–H groups in total. The summed E-state index contributed by atoms with van der Waals surface area (Å²) >= 11 is 0.889. The van der Waals surface area contributed by atoms with E-state index in [0.717, 1.165) is 56.0 Å². The van der Waals surface area contributed by atoms with Crippen LogP contribution in [-0.4, -0.2) is 23.1 Å². The molecule has 0 bridgehead atoms. The van der Waals surface area contributed by atoms with E-state index in [0.29, 0.717) is 16.1 Å². The number of piperidine rings is 1. The van der Waals surface area contributed by atoms with Gasteiger partial charge in [-0.25, -0.2) is 4.98 Å². The molecule has 3 rings (SSSR count). The van der Waals surface area contributed by atoms with Gasteiger partial charge in [-0.1, -0.05) is 32.0 Å². The van der Waals surface area contributed by atoms with E-state index < -0.39 is 11.9 Å². The summed E-state index contributed by atoms with van der Waals surface area (Å²) in [5.74, 6) is 0. The average Bonchev–Trinajstić information content (AvgIpc) is 2.64. The van der Waals surface area contributed by atoms with Gasteiger partial charge in [0.25, 0.3) is 0 Å². The highest BCUT2D eigenvalue weighted by Gasteiger charge is 2.35. The topological polar surface area (TPSA) is 55.0 Å². The smallest absolute Gasteiger partial charge is 0.396 e. The van der Waals surface area contributed by atoms with Crippen LogP contribution in [0.3, 0.4) is 0 Å². The number of pyridine rings is 2. The molecule has 1 aliphatic heterocycles. The molecule has 1 aliphatic rings. The molecule has 0 radical (unpaired) electrons. The van der Waals surface area contributed by atoms with Gasteiger partial charge in [-0.15, -0.1) is 0 Å². The molecule has 0 spiro atoms. The molecule has 27 heavy (non-hydrogen) atoms. The second-order valence-corrected chi connectivity index (χ2v) is 8.22. The van der Waals surface area contributed by atoms with Crippen molar-refractivity contribution >= 4 is 23.1 Å². The van der Waals surface area contributed by atoms with E-state index in [2.05, 4.69) is 28.7 Å². The molecule has 0 aromatic carbocycles. The molecule has 146 valence electrons. The molecule has 0 atom stereocenters. The fourth-order valence-corrected chi connectivity index (χ4v) is 4.07. The van der Waals surface area contributed by atoms with Crippen LogP contribution in [0.2, 0.25) is 0 Å². The Balaban J connectivity index is 1.77. The molecule has 8 heteroatoms. The van der Waals surface area contributed by atoms with Crippen LogP contribution in [0.25, 0.3) is 0 Å². The third kappa shape index (κ3) is 4.48. The fourth-order valence-electron chi connectivity index (χ4n) is 3.16. The number of nitrogens with zero attached hydrogens (tertiary/aromatic N) is 3. The third-order valence-electron chi connectivity index (χ3n) is 5.30. The number of hydrogen-bond donors (Lipinski definition) is 1. The number of rotatable bonds is 4. The van der Waals surface area contributed by atoms with Gasteiger partial charge in [0.1, 0.15) is 5.03 Å².